The Kier molecular flexibility index (Phi) is 5.13. The summed E-state index contributed by atoms with van der Waals surface area (Å²) in [6.45, 7) is 23.4. The molecular weight excluding hydrogens is 512 g/mol. The quantitative estimate of drug-likeness (QED) is 0.278. The van der Waals surface area contributed by atoms with Crippen LogP contribution in [0.4, 0.5) is 0 Å². The van der Waals surface area contributed by atoms with E-state index in [0.29, 0.717) is 0 Å². The third-order valence-electron chi connectivity index (χ3n) is 13.9. The Balaban J connectivity index is 1.39. The summed E-state index contributed by atoms with van der Waals surface area (Å²) >= 11 is 0. The number of allylic oxidation sites excluding steroid dienone is 1. The molecule has 0 unspecified atom stereocenters. The van der Waals surface area contributed by atoms with E-state index in [2.05, 4.69) is 39.5 Å². The highest BCUT2D eigenvalue weighted by Gasteiger charge is 2.87. The largest absolute Gasteiger partial charge is 0.424 e. The minimum atomic E-state index is -1.42. The highest BCUT2D eigenvalue weighted by molar-refractivity contribution is 6.00. The van der Waals surface area contributed by atoms with Crippen LogP contribution in [-0.2, 0) is 14.3 Å². The predicted molar refractivity (Wildman–Crippen MR) is 154 cm³/mol. The minimum absolute atomic E-state index is 0.00349. The Hall–Kier alpha value is -2.52. The van der Waals surface area contributed by atoms with Crippen molar-refractivity contribution in [2.75, 3.05) is 0 Å². The van der Waals surface area contributed by atoms with E-state index in [4.69, 9.17) is 11.3 Å². The number of fused-ring (bicyclic) bond motifs is 9. The molecule has 0 amide bonds. The average Bonchev–Trinajstić information content (AvgIpc) is 3.43. The zero-order valence-corrected chi connectivity index (χ0v) is 25.7. The van der Waals surface area contributed by atoms with Gasteiger partial charge in [0.05, 0.1) is 5.41 Å². The molecule has 9 atom stereocenters. The Morgan fingerprint density at radius 3 is 2.29 bits per heavy atom. The van der Waals surface area contributed by atoms with Crippen molar-refractivity contribution in [2.24, 2.45) is 50.2 Å². The molecule has 0 N–H and O–H groups in total. The molecule has 41 heavy (non-hydrogen) atoms. The summed E-state index contributed by atoms with van der Waals surface area (Å²) in [5.41, 5.74) is -2.72. The molecule has 6 nitrogen and oxygen atoms in total. The van der Waals surface area contributed by atoms with Gasteiger partial charge in [0, 0.05) is 29.1 Å². The number of ether oxygens (including phenoxy) is 1. The fraction of sp³-hybridized carbons (Fsp3) is 0.714. The molecule has 5 aliphatic carbocycles. The summed E-state index contributed by atoms with van der Waals surface area (Å²) in [7, 11) is 0. The van der Waals surface area contributed by atoms with E-state index < -0.39 is 28.1 Å². The Morgan fingerprint density at radius 1 is 0.976 bits per heavy atom. The van der Waals surface area contributed by atoms with Crippen LogP contribution in [0.25, 0.3) is 4.85 Å². The van der Waals surface area contributed by atoms with Gasteiger partial charge in [0.25, 0.3) is 5.78 Å². The number of hydrogen-bond donors (Lipinski definition) is 0. The summed E-state index contributed by atoms with van der Waals surface area (Å²) in [5, 5.41) is 0. The van der Waals surface area contributed by atoms with E-state index in [1.165, 1.54) is 0 Å². The van der Waals surface area contributed by atoms with Gasteiger partial charge < -0.3 is 0 Å². The van der Waals surface area contributed by atoms with Crippen LogP contribution >= 0.6 is 0 Å². The van der Waals surface area contributed by atoms with E-state index in [9.17, 15) is 14.4 Å². The molecule has 4 saturated carbocycles. The Morgan fingerprint density at radius 2 is 1.63 bits per heavy atom. The molecule has 1 saturated heterocycles. The lowest BCUT2D eigenvalue weighted by Gasteiger charge is -2.69. The van der Waals surface area contributed by atoms with Gasteiger partial charge in [-0.3, -0.25) is 28.5 Å². The fourth-order valence-corrected chi connectivity index (χ4v) is 11.5. The topological polar surface area (TPSA) is 73.0 Å². The first kappa shape index (κ1) is 27.3. The molecule has 1 aromatic rings. The SMILES string of the molecule is [C-]#[N+][C@@]12O[C@@H]1[C@]1(C)C3=CC(=O)[C@@H]4[C@@H]5CC(C)(C)CC[C@]5(C(=O)n5cccc5)CC[C@@]4(C)[C@]3(C)CC[C@H]1C(C)(C)C2=O. The van der Waals surface area contributed by atoms with Gasteiger partial charge in [-0.15, -0.1) is 0 Å². The summed E-state index contributed by atoms with van der Waals surface area (Å²) < 4.78 is 7.89. The number of carbonyl (C=O) groups excluding carboxylic acids is 3. The van der Waals surface area contributed by atoms with Crippen molar-refractivity contribution in [2.45, 2.75) is 105 Å². The first-order valence-electron chi connectivity index (χ1n) is 15.6. The van der Waals surface area contributed by atoms with Crippen LogP contribution in [0.15, 0.2) is 36.2 Å². The van der Waals surface area contributed by atoms with E-state index in [1.807, 2.05) is 44.4 Å². The average molecular weight is 557 g/mol. The number of carbonyl (C=O) groups is 3. The predicted octanol–water partition coefficient (Wildman–Crippen LogP) is 6.91. The second-order valence-corrected chi connectivity index (χ2v) is 16.4. The normalized spacial score (nSPS) is 48.8. The second-order valence-electron chi connectivity index (χ2n) is 16.4. The minimum Gasteiger partial charge on any atom is -0.295 e. The van der Waals surface area contributed by atoms with Gasteiger partial charge in [0.15, 0.2) is 11.9 Å². The van der Waals surface area contributed by atoms with Gasteiger partial charge in [-0.25, -0.2) is 6.57 Å². The van der Waals surface area contributed by atoms with Gasteiger partial charge in [0.1, 0.15) is 0 Å². The molecule has 1 aromatic heterocycles. The van der Waals surface area contributed by atoms with Crippen LogP contribution in [0.3, 0.4) is 0 Å². The number of epoxide rings is 1. The summed E-state index contributed by atoms with van der Waals surface area (Å²) in [6.07, 6.45) is 11.1. The van der Waals surface area contributed by atoms with Crippen molar-refractivity contribution in [1.29, 1.82) is 0 Å². The molecule has 6 heteroatoms. The molecular formula is C35H44N2O4. The van der Waals surface area contributed by atoms with E-state index in [1.54, 1.807) is 4.57 Å². The monoisotopic (exact) mass is 556 g/mol. The summed E-state index contributed by atoms with van der Waals surface area (Å²) in [4.78, 5) is 46.4. The van der Waals surface area contributed by atoms with Gasteiger partial charge in [0.2, 0.25) is 5.91 Å². The number of hydrogen-bond acceptors (Lipinski definition) is 4. The van der Waals surface area contributed by atoms with Crippen molar-refractivity contribution >= 4 is 17.5 Å². The van der Waals surface area contributed by atoms with Crippen LogP contribution in [-0.4, -0.2) is 33.9 Å². The van der Waals surface area contributed by atoms with Crippen LogP contribution < -0.4 is 0 Å². The van der Waals surface area contributed by atoms with Crippen LogP contribution in [0, 0.1) is 56.8 Å². The lowest BCUT2D eigenvalue weighted by Crippen LogP contribution is -2.68. The molecule has 6 aliphatic rings. The van der Waals surface area contributed by atoms with E-state index >= 15 is 0 Å². The molecule has 1 aliphatic heterocycles. The van der Waals surface area contributed by atoms with Crippen LogP contribution in [0.1, 0.15) is 98.2 Å². The molecule has 0 aromatic carbocycles. The lowest BCUT2D eigenvalue weighted by atomic mass is 9.33. The van der Waals surface area contributed by atoms with E-state index in [-0.39, 0.29) is 51.5 Å². The van der Waals surface area contributed by atoms with Crippen molar-refractivity contribution in [3.8, 4) is 0 Å². The summed E-state index contributed by atoms with van der Waals surface area (Å²) in [6, 6.07) is 3.81. The molecule has 0 spiro atoms. The van der Waals surface area contributed by atoms with Crippen molar-refractivity contribution in [3.63, 3.8) is 0 Å². The number of Topliss-reactive ketones (excluding diaryl/α,β-unsaturated/α-hetero) is 1. The zero-order chi connectivity index (χ0) is 29.6. The standard InChI is InChI=1S/C35H44N2O4/c1-29(2)13-15-34(28(40)37-17-9-10-18-37)16-14-32(6)25(21(34)20-29)22(38)19-24-31(32,5)12-11-23-30(3,4)26(39)35(36-8)27(41-35)33(23,24)7/h9-10,17-19,21,23,25,27H,11-16,20H2,1-7H3/t21-,23-,25-,27+,31+,32+,33-,34-,35-/m0/s1. The second kappa shape index (κ2) is 7.70. The fourth-order valence-electron chi connectivity index (χ4n) is 11.5. The maximum absolute atomic E-state index is 14.7. The molecule has 0 radical (unpaired) electrons. The molecule has 0 bridgehead atoms. The number of nitrogens with zero attached hydrogens (tertiary/aromatic N) is 2. The molecule has 7 rings (SSSR count). The maximum atomic E-state index is 14.7. The molecule has 218 valence electrons. The van der Waals surface area contributed by atoms with Gasteiger partial charge >= 0.3 is 5.72 Å². The highest BCUT2D eigenvalue weighted by atomic mass is 16.6. The van der Waals surface area contributed by atoms with Gasteiger partial charge in [-0.2, -0.15) is 0 Å². The molecule has 2 heterocycles. The first-order chi connectivity index (χ1) is 19.1. The zero-order valence-electron chi connectivity index (χ0n) is 25.7. The Labute approximate surface area is 244 Å². The third kappa shape index (κ3) is 2.95. The lowest BCUT2D eigenvalue weighted by molar-refractivity contribution is -0.168. The highest BCUT2D eigenvalue weighted by Crippen LogP contribution is 2.78. The van der Waals surface area contributed by atoms with Gasteiger partial charge in [-0.1, -0.05) is 54.0 Å². The maximum Gasteiger partial charge on any atom is 0.424 e. The van der Waals surface area contributed by atoms with Crippen LogP contribution in [0.5, 0.6) is 0 Å². The number of ketones is 2. The smallest absolute Gasteiger partial charge is 0.295 e. The first-order valence-corrected chi connectivity index (χ1v) is 15.6. The van der Waals surface area contributed by atoms with Crippen LogP contribution in [0.2, 0.25) is 0 Å². The van der Waals surface area contributed by atoms with Gasteiger partial charge in [-0.05, 0) is 91.2 Å². The Bertz CT molecular complexity index is 1460. The van der Waals surface area contributed by atoms with Crippen molar-refractivity contribution in [3.05, 3.63) is 47.6 Å². The van der Waals surface area contributed by atoms with Crippen molar-refractivity contribution < 1.29 is 19.1 Å². The third-order valence-corrected chi connectivity index (χ3v) is 13.9. The number of rotatable bonds is 1. The molecule has 5 fully saturated rings. The van der Waals surface area contributed by atoms with E-state index in [0.717, 1.165) is 50.5 Å². The van der Waals surface area contributed by atoms with Crippen molar-refractivity contribution in [1.82, 2.24) is 4.57 Å². The number of aromatic nitrogens is 1. The summed E-state index contributed by atoms with van der Waals surface area (Å²) in [5.74, 6) is -0.0846.